The molecular weight excluding hydrogens is 644 g/mol. The standard InChI is InChI=1S/C34H36Br2N2O3/c1-2-3-4-6-13-39-23-24-15-27(17-29(35)16-24)25-9-11-32(37-21-25)33-12-10-26(22-38-33)28-18-30(36)20-31(19-28)41-34-8-5-7-14-40-34/h9-12,15-22,34H,2-8,13-14,23H2,1H3. The lowest BCUT2D eigenvalue weighted by Gasteiger charge is -2.23. The average molecular weight is 680 g/mol. The number of unbranched alkanes of at least 4 members (excludes halogenated alkanes) is 3. The number of hydrogen-bond acceptors (Lipinski definition) is 5. The van der Waals surface area contributed by atoms with Gasteiger partial charge in [-0.15, -0.1) is 0 Å². The molecule has 4 aromatic rings. The molecule has 0 aliphatic carbocycles. The number of halogens is 2. The predicted molar refractivity (Wildman–Crippen MR) is 172 cm³/mol. The van der Waals surface area contributed by atoms with E-state index in [-0.39, 0.29) is 6.29 Å². The molecule has 5 nitrogen and oxygen atoms in total. The fraction of sp³-hybridized carbons (Fsp3) is 0.353. The summed E-state index contributed by atoms with van der Waals surface area (Å²) in [6, 6.07) is 20.7. The number of pyridine rings is 2. The summed E-state index contributed by atoms with van der Waals surface area (Å²) in [6.07, 6.45) is 11.6. The van der Waals surface area contributed by atoms with E-state index in [0.717, 1.165) is 92.8 Å². The maximum absolute atomic E-state index is 6.10. The van der Waals surface area contributed by atoms with Gasteiger partial charge in [0.25, 0.3) is 0 Å². The predicted octanol–water partition coefficient (Wildman–Crippen LogP) is 10.0. The number of rotatable bonds is 12. The maximum atomic E-state index is 6.10. The SMILES string of the molecule is CCCCCCOCc1cc(Br)cc(-c2ccc(-c3ccc(-c4cc(Br)cc(OC5CCCCO5)c4)cn3)nc2)c1. The quantitative estimate of drug-likeness (QED) is 0.140. The van der Waals surface area contributed by atoms with Crippen LogP contribution in [0.1, 0.15) is 57.4 Å². The van der Waals surface area contributed by atoms with Crippen LogP contribution in [0, 0.1) is 0 Å². The summed E-state index contributed by atoms with van der Waals surface area (Å²) in [5.41, 5.74) is 7.02. The Morgan fingerprint density at radius 2 is 1.49 bits per heavy atom. The molecule has 0 amide bonds. The van der Waals surface area contributed by atoms with E-state index in [4.69, 9.17) is 24.2 Å². The summed E-state index contributed by atoms with van der Waals surface area (Å²) in [7, 11) is 0. The third kappa shape index (κ3) is 8.71. The van der Waals surface area contributed by atoms with Gasteiger partial charge >= 0.3 is 0 Å². The molecular formula is C34H36Br2N2O3. The molecule has 214 valence electrons. The van der Waals surface area contributed by atoms with Gasteiger partial charge in [0.1, 0.15) is 5.75 Å². The van der Waals surface area contributed by atoms with Crippen molar-refractivity contribution in [3.8, 4) is 39.4 Å². The van der Waals surface area contributed by atoms with Gasteiger partial charge in [-0.2, -0.15) is 0 Å². The number of nitrogens with zero attached hydrogens (tertiary/aromatic N) is 2. The molecule has 5 rings (SSSR count). The van der Waals surface area contributed by atoms with Crippen molar-refractivity contribution in [3.05, 3.63) is 87.6 Å². The molecule has 2 aromatic carbocycles. The van der Waals surface area contributed by atoms with Crippen LogP contribution in [0.4, 0.5) is 0 Å². The van der Waals surface area contributed by atoms with Crippen LogP contribution < -0.4 is 4.74 Å². The van der Waals surface area contributed by atoms with Crippen molar-refractivity contribution in [1.29, 1.82) is 0 Å². The van der Waals surface area contributed by atoms with Crippen LogP contribution in [-0.2, 0) is 16.1 Å². The topological polar surface area (TPSA) is 53.5 Å². The maximum Gasteiger partial charge on any atom is 0.199 e. The molecule has 1 unspecified atom stereocenters. The molecule has 1 atom stereocenters. The molecule has 41 heavy (non-hydrogen) atoms. The van der Waals surface area contributed by atoms with Crippen molar-refractivity contribution in [2.75, 3.05) is 13.2 Å². The van der Waals surface area contributed by atoms with Crippen LogP contribution in [0.5, 0.6) is 5.75 Å². The van der Waals surface area contributed by atoms with E-state index in [2.05, 4.69) is 75.2 Å². The number of benzene rings is 2. The van der Waals surface area contributed by atoms with Gasteiger partial charge in [-0.3, -0.25) is 9.97 Å². The van der Waals surface area contributed by atoms with Crippen LogP contribution in [0.15, 0.2) is 82.0 Å². The zero-order chi connectivity index (χ0) is 28.4. The van der Waals surface area contributed by atoms with Crippen molar-refractivity contribution in [2.45, 2.75) is 64.8 Å². The third-order valence-electron chi connectivity index (χ3n) is 7.10. The lowest BCUT2D eigenvalue weighted by Crippen LogP contribution is -2.24. The fourth-order valence-corrected chi connectivity index (χ4v) is 5.92. The molecule has 0 bridgehead atoms. The van der Waals surface area contributed by atoms with Crippen molar-refractivity contribution in [2.24, 2.45) is 0 Å². The van der Waals surface area contributed by atoms with E-state index in [9.17, 15) is 0 Å². The van der Waals surface area contributed by atoms with Gasteiger partial charge in [0.2, 0.25) is 0 Å². The zero-order valence-corrected chi connectivity index (χ0v) is 26.6. The van der Waals surface area contributed by atoms with E-state index in [1.54, 1.807) is 0 Å². The van der Waals surface area contributed by atoms with E-state index in [0.29, 0.717) is 6.61 Å². The minimum absolute atomic E-state index is 0.183. The number of hydrogen-bond donors (Lipinski definition) is 0. The fourth-order valence-electron chi connectivity index (χ4n) is 4.91. The monoisotopic (exact) mass is 678 g/mol. The van der Waals surface area contributed by atoms with Gasteiger partial charge in [0.05, 0.1) is 24.6 Å². The molecule has 1 saturated heterocycles. The second-order valence-corrected chi connectivity index (χ2v) is 12.2. The molecule has 0 N–H and O–H groups in total. The van der Waals surface area contributed by atoms with E-state index < -0.39 is 0 Å². The summed E-state index contributed by atoms with van der Waals surface area (Å²) in [5, 5.41) is 0. The Kier molecular flexibility index (Phi) is 11.0. The molecule has 0 spiro atoms. The van der Waals surface area contributed by atoms with Crippen molar-refractivity contribution in [3.63, 3.8) is 0 Å². The normalized spacial score (nSPS) is 15.1. The van der Waals surface area contributed by atoms with Crippen LogP contribution in [0.2, 0.25) is 0 Å². The highest BCUT2D eigenvalue weighted by Crippen LogP contribution is 2.31. The summed E-state index contributed by atoms with van der Waals surface area (Å²) >= 11 is 7.28. The highest BCUT2D eigenvalue weighted by atomic mass is 79.9. The van der Waals surface area contributed by atoms with Crippen molar-refractivity contribution < 1.29 is 14.2 Å². The molecule has 0 radical (unpaired) electrons. The Balaban J connectivity index is 1.24. The Labute approximate surface area is 259 Å². The summed E-state index contributed by atoms with van der Waals surface area (Å²) < 4.78 is 19.8. The second kappa shape index (κ2) is 15.1. The van der Waals surface area contributed by atoms with Crippen molar-refractivity contribution >= 4 is 31.9 Å². The molecule has 3 heterocycles. The lowest BCUT2D eigenvalue weighted by molar-refractivity contribution is -0.105. The van der Waals surface area contributed by atoms with Crippen molar-refractivity contribution in [1.82, 2.24) is 9.97 Å². The van der Waals surface area contributed by atoms with E-state index in [1.165, 1.54) is 19.3 Å². The Hall–Kier alpha value is -2.58. The first-order chi connectivity index (χ1) is 20.1. The largest absolute Gasteiger partial charge is 0.465 e. The summed E-state index contributed by atoms with van der Waals surface area (Å²) in [4.78, 5) is 9.46. The molecule has 0 saturated carbocycles. The minimum atomic E-state index is -0.183. The average Bonchev–Trinajstić information content (AvgIpc) is 2.99. The van der Waals surface area contributed by atoms with Crippen LogP contribution in [-0.4, -0.2) is 29.5 Å². The summed E-state index contributed by atoms with van der Waals surface area (Å²) in [5.74, 6) is 0.789. The second-order valence-electron chi connectivity index (χ2n) is 10.4. The Morgan fingerprint density at radius 3 is 2.12 bits per heavy atom. The van der Waals surface area contributed by atoms with Gasteiger partial charge in [-0.05, 0) is 84.5 Å². The third-order valence-corrected chi connectivity index (χ3v) is 8.02. The van der Waals surface area contributed by atoms with Gasteiger partial charge in [0, 0.05) is 45.5 Å². The lowest BCUT2D eigenvalue weighted by atomic mass is 10.0. The van der Waals surface area contributed by atoms with Crippen LogP contribution in [0.25, 0.3) is 33.6 Å². The highest BCUT2D eigenvalue weighted by molar-refractivity contribution is 9.10. The van der Waals surface area contributed by atoms with Gasteiger partial charge < -0.3 is 14.2 Å². The van der Waals surface area contributed by atoms with E-state index in [1.807, 2.05) is 36.7 Å². The van der Waals surface area contributed by atoms with Gasteiger partial charge in [-0.1, -0.05) is 70.2 Å². The first kappa shape index (κ1) is 29.9. The van der Waals surface area contributed by atoms with E-state index >= 15 is 0 Å². The molecule has 1 aliphatic rings. The van der Waals surface area contributed by atoms with Gasteiger partial charge in [0.15, 0.2) is 6.29 Å². The molecule has 1 fully saturated rings. The zero-order valence-electron chi connectivity index (χ0n) is 23.5. The Morgan fingerprint density at radius 1 is 0.780 bits per heavy atom. The van der Waals surface area contributed by atoms with Crippen LogP contribution in [0.3, 0.4) is 0 Å². The number of aromatic nitrogens is 2. The number of ether oxygens (including phenoxy) is 3. The molecule has 1 aliphatic heterocycles. The molecule has 2 aromatic heterocycles. The van der Waals surface area contributed by atoms with Crippen LogP contribution >= 0.6 is 31.9 Å². The first-order valence-corrected chi connectivity index (χ1v) is 16.1. The Bertz CT molecular complexity index is 1400. The summed E-state index contributed by atoms with van der Waals surface area (Å²) in [6.45, 7) is 4.39. The highest BCUT2D eigenvalue weighted by Gasteiger charge is 2.16. The smallest absolute Gasteiger partial charge is 0.199 e. The van der Waals surface area contributed by atoms with Gasteiger partial charge in [-0.25, -0.2) is 0 Å². The molecule has 7 heteroatoms. The first-order valence-electron chi connectivity index (χ1n) is 14.5. The minimum Gasteiger partial charge on any atom is -0.465 e.